The highest BCUT2D eigenvalue weighted by Crippen LogP contribution is 2.19. The van der Waals surface area contributed by atoms with E-state index in [0.29, 0.717) is 25.2 Å². The minimum atomic E-state index is -3.49. The predicted octanol–water partition coefficient (Wildman–Crippen LogP) is 2.41. The molecule has 9 heteroatoms. The van der Waals surface area contributed by atoms with Gasteiger partial charge in [-0.15, -0.1) is 0 Å². The van der Waals surface area contributed by atoms with Gasteiger partial charge in [-0.1, -0.05) is 26.2 Å². The van der Waals surface area contributed by atoms with Crippen LogP contribution in [0.4, 0.5) is 5.69 Å². The van der Waals surface area contributed by atoms with Crippen molar-refractivity contribution in [3.05, 3.63) is 24.3 Å². The normalized spacial score (nSPS) is 15.9. The Bertz CT molecular complexity index is 758. The Kier molecular flexibility index (Phi) is 8.81. The van der Waals surface area contributed by atoms with Crippen molar-refractivity contribution in [2.24, 2.45) is 0 Å². The van der Waals surface area contributed by atoms with Gasteiger partial charge in [-0.25, -0.2) is 8.42 Å². The third-order valence-electron chi connectivity index (χ3n) is 4.72. The number of sulfonamides is 1. The van der Waals surface area contributed by atoms with Gasteiger partial charge < -0.3 is 15.5 Å². The monoisotopic (exact) mass is 426 g/mol. The summed E-state index contributed by atoms with van der Waals surface area (Å²) in [4.78, 5) is 14.2. The van der Waals surface area contributed by atoms with E-state index in [0.717, 1.165) is 38.8 Å². The molecule has 0 unspecified atom stereocenters. The summed E-state index contributed by atoms with van der Waals surface area (Å²) in [6.07, 6.45) is 4.58. The van der Waals surface area contributed by atoms with Crippen LogP contribution in [-0.2, 0) is 14.8 Å². The molecule has 1 aromatic rings. The second-order valence-corrected chi connectivity index (χ2v) is 9.39. The molecule has 28 heavy (non-hydrogen) atoms. The summed E-state index contributed by atoms with van der Waals surface area (Å²) in [5.41, 5.74) is 0.633. The molecule has 1 fully saturated rings. The lowest BCUT2D eigenvalue weighted by molar-refractivity contribution is -0.119. The number of likely N-dealkylation sites (N-methyl/N-ethyl adjacent to an activating group) is 1. The number of anilines is 1. The van der Waals surface area contributed by atoms with Crippen LogP contribution in [0.5, 0.6) is 0 Å². The maximum Gasteiger partial charge on any atom is 0.243 e. The third kappa shape index (κ3) is 6.80. The molecule has 1 aromatic carbocycles. The van der Waals surface area contributed by atoms with Gasteiger partial charge in [0.1, 0.15) is 0 Å². The van der Waals surface area contributed by atoms with Crippen LogP contribution in [0, 0.1) is 0 Å². The summed E-state index contributed by atoms with van der Waals surface area (Å²) in [7, 11) is -1.51. The average Bonchev–Trinajstić information content (AvgIpc) is 2.66. The fourth-order valence-electron chi connectivity index (χ4n) is 2.95. The minimum absolute atomic E-state index is 0.108. The molecule has 0 saturated carbocycles. The molecule has 1 aliphatic heterocycles. The van der Waals surface area contributed by atoms with Crippen molar-refractivity contribution < 1.29 is 13.2 Å². The quantitative estimate of drug-likeness (QED) is 0.491. The van der Waals surface area contributed by atoms with Gasteiger partial charge in [-0.2, -0.15) is 4.31 Å². The molecule has 2 rings (SSSR count). The van der Waals surface area contributed by atoms with E-state index in [4.69, 9.17) is 12.2 Å². The van der Waals surface area contributed by atoms with E-state index in [1.54, 1.807) is 24.3 Å². The minimum Gasteiger partial charge on any atom is -0.332 e. The Balaban J connectivity index is 1.86. The van der Waals surface area contributed by atoms with Gasteiger partial charge in [0, 0.05) is 38.3 Å². The van der Waals surface area contributed by atoms with Crippen molar-refractivity contribution in [2.45, 2.75) is 43.9 Å². The number of unbranched alkanes of at least 4 members (excludes halogenated alkanes) is 3. The maximum absolute atomic E-state index is 12.7. The number of thiocarbonyl (C=S) groups is 1. The van der Waals surface area contributed by atoms with E-state index in [9.17, 15) is 13.2 Å². The zero-order chi connectivity index (χ0) is 20.6. The maximum atomic E-state index is 12.7. The Morgan fingerprint density at radius 3 is 2.32 bits per heavy atom. The van der Waals surface area contributed by atoms with Crippen LogP contribution in [0.1, 0.15) is 39.0 Å². The first-order chi connectivity index (χ1) is 13.3. The fourth-order valence-corrected chi connectivity index (χ4v) is 4.61. The number of nitrogens with one attached hydrogen (secondary N) is 2. The summed E-state index contributed by atoms with van der Waals surface area (Å²) < 4.78 is 27.0. The van der Waals surface area contributed by atoms with Crippen molar-refractivity contribution in [2.75, 3.05) is 38.5 Å². The van der Waals surface area contributed by atoms with Crippen LogP contribution in [0.25, 0.3) is 0 Å². The molecular formula is C19H30N4O3S2. The van der Waals surface area contributed by atoms with Crippen LogP contribution in [-0.4, -0.2) is 61.9 Å². The number of hydrogen-bond donors (Lipinski definition) is 2. The summed E-state index contributed by atoms with van der Waals surface area (Å²) in [6, 6.07) is 6.43. The van der Waals surface area contributed by atoms with Crippen molar-refractivity contribution in [3.8, 4) is 0 Å². The first-order valence-corrected chi connectivity index (χ1v) is 11.6. The van der Waals surface area contributed by atoms with E-state index in [1.807, 2.05) is 7.05 Å². The van der Waals surface area contributed by atoms with Crippen molar-refractivity contribution in [3.63, 3.8) is 0 Å². The summed E-state index contributed by atoms with van der Waals surface area (Å²) in [6.45, 7) is 4.57. The van der Waals surface area contributed by atoms with Crippen LogP contribution >= 0.6 is 12.2 Å². The van der Waals surface area contributed by atoms with Crippen molar-refractivity contribution in [1.82, 2.24) is 14.5 Å². The molecule has 0 aliphatic carbocycles. The number of amides is 1. The van der Waals surface area contributed by atoms with Gasteiger partial charge in [0.05, 0.1) is 4.90 Å². The van der Waals surface area contributed by atoms with E-state index in [1.165, 1.54) is 4.31 Å². The predicted molar refractivity (Wildman–Crippen MR) is 116 cm³/mol. The SMILES string of the molecule is CCCCCCC(=O)NC(=S)Nc1ccc(S(=O)(=O)N2CCN(C)CC2)cc1. The van der Waals surface area contributed by atoms with Crippen LogP contribution in [0.2, 0.25) is 0 Å². The van der Waals surface area contributed by atoms with Crippen molar-refractivity contribution in [1.29, 1.82) is 0 Å². The smallest absolute Gasteiger partial charge is 0.243 e. The van der Waals surface area contributed by atoms with Crippen LogP contribution in [0.3, 0.4) is 0 Å². The summed E-state index contributed by atoms with van der Waals surface area (Å²) >= 11 is 5.16. The zero-order valence-corrected chi connectivity index (χ0v) is 18.2. The van der Waals surface area contributed by atoms with E-state index >= 15 is 0 Å². The molecule has 156 valence electrons. The number of piperazine rings is 1. The molecule has 7 nitrogen and oxygen atoms in total. The van der Waals surface area contributed by atoms with Gasteiger partial charge >= 0.3 is 0 Å². The lowest BCUT2D eigenvalue weighted by Crippen LogP contribution is -2.46. The topological polar surface area (TPSA) is 81.8 Å². The molecule has 0 spiro atoms. The molecule has 0 radical (unpaired) electrons. The molecular weight excluding hydrogens is 396 g/mol. The van der Waals surface area contributed by atoms with E-state index in [-0.39, 0.29) is 15.9 Å². The third-order valence-corrected chi connectivity index (χ3v) is 6.84. The molecule has 2 N–H and O–H groups in total. The first-order valence-electron chi connectivity index (χ1n) is 9.72. The Morgan fingerprint density at radius 2 is 1.71 bits per heavy atom. The number of nitrogens with zero attached hydrogens (tertiary/aromatic N) is 2. The summed E-state index contributed by atoms with van der Waals surface area (Å²) in [5, 5.41) is 5.80. The molecule has 0 aromatic heterocycles. The fraction of sp³-hybridized carbons (Fsp3) is 0.579. The second kappa shape index (κ2) is 10.8. The molecule has 1 saturated heterocycles. The number of hydrogen-bond acceptors (Lipinski definition) is 5. The molecule has 1 heterocycles. The average molecular weight is 427 g/mol. The largest absolute Gasteiger partial charge is 0.332 e. The Labute approximate surface area is 173 Å². The number of benzene rings is 1. The first kappa shape index (κ1) is 22.7. The van der Waals surface area contributed by atoms with Gasteiger partial charge in [0.25, 0.3) is 0 Å². The van der Waals surface area contributed by atoms with Crippen LogP contribution in [0.15, 0.2) is 29.2 Å². The standard InChI is InChI=1S/C19H30N4O3S2/c1-3-4-5-6-7-18(24)21-19(27)20-16-8-10-17(11-9-16)28(25,26)23-14-12-22(2)13-15-23/h8-11H,3-7,12-15H2,1-2H3,(H2,20,21,24,27). The Morgan fingerprint density at radius 1 is 1.07 bits per heavy atom. The van der Waals surface area contributed by atoms with Crippen molar-refractivity contribution >= 4 is 38.9 Å². The van der Waals surface area contributed by atoms with E-state index in [2.05, 4.69) is 22.5 Å². The molecule has 1 amide bonds. The molecule has 0 bridgehead atoms. The lowest BCUT2D eigenvalue weighted by atomic mass is 10.1. The highest BCUT2D eigenvalue weighted by molar-refractivity contribution is 7.89. The summed E-state index contributed by atoms with van der Waals surface area (Å²) in [5.74, 6) is -0.108. The molecule has 1 aliphatic rings. The van der Waals surface area contributed by atoms with E-state index < -0.39 is 10.0 Å². The second-order valence-electron chi connectivity index (χ2n) is 7.04. The molecule has 0 atom stereocenters. The highest BCUT2D eigenvalue weighted by Gasteiger charge is 2.27. The number of carbonyl (C=O) groups excluding carboxylic acids is 1. The lowest BCUT2D eigenvalue weighted by Gasteiger charge is -2.31. The number of carbonyl (C=O) groups is 1. The van der Waals surface area contributed by atoms with Gasteiger partial charge in [-0.3, -0.25) is 4.79 Å². The van der Waals surface area contributed by atoms with Gasteiger partial charge in [0.15, 0.2) is 5.11 Å². The zero-order valence-electron chi connectivity index (χ0n) is 16.6. The highest BCUT2D eigenvalue weighted by atomic mass is 32.2. The Hall–Kier alpha value is -1.55. The van der Waals surface area contributed by atoms with Crippen LogP contribution < -0.4 is 10.6 Å². The van der Waals surface area contributed by atoms with Gasteiger partial charge in [-0.05, 0) is 50.0 Å². The van der Waals surface area contributed by atoms with Gasteiger partial charge in [0.2, 0.25) is 15.9 Å². The number of rotatable bonds is 8.